The van der Waals surface area contributed by atoms with Crippen molar-refractivity contribution in [1.29, 1.82) is 0 Å². The lowest BCUT2D eigenvalue weighted by Crippen LogP contribution is -2.41. The molecule has 0 N–H and O–H groups in total. The lowest BCUT2D eigenvalue weighted by molar-refractivity contribution is -0.127. The van der Waals surface area contributed by atoms with Gasteiger partial charge in [0.15, 0.2) is 0 Å². The predicted molar refractivity (Wildman–Crippen MR) is 79.3 cm³/mol. The van der Waals surface area contributed by atoms with Crippen molar-refractivity contribution in [2.45, 2.75) is 52.5 Å². The van der Waals surface area contributed by atoms with Crippen LogP contribution in [-0.2, 0) is 4.79 Å². The summed E-state index contributed by atoms with van der Waals surface area (Å²) in [5, 5.41) is 0. The van der Waals surface area contributed by atoms with Gasteiger partial charge in [0.25, 0.3) is 0 Å². The van der Waals surface area contributed by atoms with Crippen molar-refractivity contribution in [2.24, 2.45) is 11.3 Å². The van der Waals surface area contributed by atoms with E-state index < -0.39 is 0 Å². The topological polar surface area (TPSA) is 23.6 Å². The molecule has 2 unspecified atom stereocenters. The van der Waals surface area contributed by atoms with Crippen LogP contribution >= 0.6 is 0 Å². The molecule has 3 heteroatoms. The number of carbonyl (C=O) groups excluding carboxylic acids is 1. The number of hydrogen-bond acceptors (Lipinski definition) is 3. The molecular weight excluding hydrogens is 236 g/mol. The van der Waals surface area contributed by atoms with E-state index in [1.807, 2.05) is 0 Å². The van der Waals surface area contributed by atoms with Gasteiger partial charge in [-0.25, -0.2) is 0 Å². The molecule has 0 aromatic rings. The Morgan fingerprint density at radius 2 is 2.05 bits per heavy atom. The number of carbonyl (C=O) groups is 1. The molecule has 2 atom stereocenters. The van der Waals surface area contributed by atoms with Crippen LogP contribution in [0.2, 0.25) is 0 Å². The van der Waals surface area contributed by atoms with Crippen molar-refractivity contribution in [3.63, 3.8) is 0 Å². The highest BCUT2D eigenvalue weighted by Crippen LogP contribution is 2.37. The summed E-state index contributed by atoms with van der Waals surface area (Å²) in [4.78, 5) is 17.3. The monoisotopic (exact) mass is 266 g/mol. The van der Waals surface area contributed by atoms with Crippen LogP contribution in [0, 0.1) is 11.3 Å². The molecule has 0 aromatic carbocycles. The van der Waals surface area contributed by atoms with E-state index in [9.17, 15) is 4.79 Å². The summed E-state index contributed by atoms with van der Waals surface area (Å²) in [5.74, 6) is 0.759. The fourth-order valence-corrected chi connectivity index (χ4v) is 3.84. The Morgan fingerprint density at radius 3 is 2.63 bits per heavy atom. The van der Waals surface area contributed by atoms with Gasteiger partial charge in [0.2, 0.25) is 0 Å². The van der Waals surface area contributed by atoms with Crippen LogP contribution in [0.1, 0.15) is 46.5 Å². The zero-order valence-electron chi connectivity index (χ0n) is 13.1. The molecule has 1 saturated carbocycles. The summed E-state index contributed by atoms with van der Waals surface area (Å²) < 4.78 is 0. The van der Waals surface area contributed by atoms with Gasteiger partial charge < -0.3 is 4.90 Å². The molecule has 2 rings (SSSR count). The maximum absolute atomic E-state index is 12.3. The first kappa shape index (κ1) is 15.0. The molecule has 2 fully saturated rings. The number of likely N-dealkylation sites (N-methyl/N-ethyl adjacent to an activating group) is 2. The highest BCUT2D eigenvalue weighted by atomic mass is 16.1. The molecule has 0 spiro atoms. The smallest absolute Gasteiger partial charge is 0.142 e. The van der Waals surface area contributed by atoms with Crippen LogP contribution in [0.25, 0.3) is 0 Å². The Labute approximate surface area is 118 Å². The number of Topliss-reactive ketones (excluding diaryl/α,β-unsaturated/α-hetero) is 1. The van der Waals surface area contributed by atoms with Crippen LogP contribution in [0.3, 0.4) is 0 Å². The van der Waals surface area contributed by atoms with Crippen molar-refractivity contribution < 1.29 is 4.79 Å². The van der Waals surface area contributed by atoms with Gasteiger partial charge in [0, 0.05) is 30.5 Å². The quantitative estimate of drug-likeness (QED) is 0.763. The third-order valence-corrected chi connectivity index (χ3v) is 5.12. The predicted octanol–water partition coefficient (Wildman–Crippen LogP) is 2.41. The third kappa shape index (κ3) is 3.38. The Morgan fingerprint density at radius 1 is 1.32 bits per heavy atom. The molecule has 110 valence electrons. The standard InChI is InChI=1S/C16H30N2O/c1-5-18-10-6-7-14(18)12-17(4)11-13-8-9-16(2,3)15(13)19/h13-14H,5-12H2,1-4H3. The summed E-state index contributed by atoms with van der Waals surface area (Å²) in [5.41, 5.74) is -0.0751. The van der Waals surface area contributed by atoms with Crippen molar-refractivity contribution in [2.75, 3.05) is 33.2 Å². The average molecular weight is 266 g/mol. The molecule has 1 saturated heterocycles. The normalized spacial score (nSPS) is 31.5. The number of likely N-dealkylation sites (tertiary alicyclic amines) is 1. The SMILES string of the molecule is CCN1CCCC1CN(C)CC1CCC(C)(C)C1=O. The van der Waals surface area contributed by atoms with Crippen LogP contribution in [0.5, 0.6) is 0 Å². The second kappa shape index (κ2) is 5.92. The zero-order valence-corrected chi connectivity index (χ0v) is 13.1. The van der Waals surface area contributed by atoms with Crippen molar-refractivity contribution in [3.8, 4) is 0 Å². The molecule has 19 heavy (non-hydrogen) atoms. The summed E-state index contributed by atoms with van der Waals surface area (Å²) in [6.07, 6.45) is 4.80. The first-order chi connectivity index (χ1) is 8.94. The molecule has 1 aliphatic heterocycles. The number of nitrogens with zero attached hydrogens (tertiary/aromatic N) is 2. The fraction of sp³-hybridized carbons (Fsp3) is 0.938. The van der Waals surface area contributed by atoms with E-state index in [1.165, 1.54) is 19.4 Å². The van der Waals surface area contributed by atoms with Gasteiger partial charge in [-0.05, 0) is 45.8 Å². The Balaban J connectivity index is 1.82. The minimum atomic E-state index is -0.0751. The van der Waals surface area contributed by atoms with Gasteiger partial charge in [0.05, 0.1) is 0 Å². The molecule has 2 aliphatic rings. The second-order valence-electron chi connectivity index (χ2n) is 7.13. The fourth-order valence-electron chi connectivity index (χ4n) is 3.84. The lowest BCUT2D eigenvalue weighted by atomic mass is 9.89. The maximum atomic E-state index is 12.3. The molecule has 0 radical (unpaired) electrons. The molecule has 1 aliphatic carbocycles. The maximum Gasteiger partial charge on any atom is 0.142 e. The van der Waals surface area contributed by atoms with Gasteiger partial charge in [-0.15, -0.1) is 0 Å². The molecule has 1 heterocycles. The van der Waals surface area contributed by atoms with Crippen molar-refractivity contribution in [1.82, 2.24) is 9.80 Å². The van der Waals surface area contributed by atoms with Crippen molar-refractivity contribution in [3.05, 3.63) is 0 Å². The van der Waals surface area contributed by atoms with Gasteiger partial charge in [-0.2, -0.15) is 0 Å². The summed E-state index contributed by atoms with van der Waals surface area (Å²) in [6.45, 7) is 10.9. The van der Waals surface area contributed by atoms with E-state index in [-0.39, 0.29) is 11.3 Å². The Kier molecular flexibility index (Phi) is 4.67. The highest BCUT2D eigenvalue weighted by Gasteiger charge is 2.40. The van der Waals surface area contributed by atoms with Crippen molar-refractivity contribution >= 4 is 5.78 Å². The first-order valence-corrected chi connectivity index (χ1v) is 7.91. The largest absolute Gasteiger partial charge is 0.304 e. The average Bonchev–Trinajstić information content (AvgIpc) is 2.89. The van der Waals surface area contributed by atoms with Crippen LogP contribution in [0.4, 0.5) is 0 Å². The molecular formula is C16H30N2O. The number of rotatable bonds is 5. The Hall–Kier alpha value is -0.410. The van der Waals surface area contributed by atoms with E-state index >= 15 is 0 Å². The van der Waals surface area contributed by atoms with Crippen LogP contribution in [0.15, 0.2) is 0 Å². The van der Waals surface area contributed by atoms with E-state index in [0.29, 0.717) is 11.8 Å². The number of ketones is 1. The molecule has 0 amide bonds. The van der Waals surface area contributed by atoms with Gasteiger partial charge >= 0.3 is 0 Å². The number of hydrogen-bond donors (Lipinski definition) is 0. The molecule has 0 aromatic heterocycles. The molecule has 0 bridgehead atoms. The van der Waals surface area contributed by atoms with E-state index in [0.717, 1.165) is 32.5 Å². The van der Waals surface area contributed by atoms with Gasteiger partial charge in [-0.3, -0.25) is 9.69 Å². The highest BCUT2D eigenvalue weighted by molar-refractivity contribution is 5.88. The van der Waals surface area contributed by atoms with Gasteiger partial charge in [0.1, 0.15) is 5.78 Å². The molecule has 3 nitrogen and oxygen atoms in total. The van der Waals surface area contributed by atoms with E-state index in [2.05, 4.69) is 37.6 Å². The summed E-state index contributed by atoms with van der Waals surface area (Å²) >= 11 is 0. The third-order valence-electron chi connectivity index (χ3n) is 5.12. The Bertz CT molecular complexity index is 327. The summed E-state index contributed by atoms with van der Waals surface area (Å²) in [7, 11) is 2.19. The first-order valence-electron chi connectivity index (χ1n) is 7.91. The van der Waals surface area contributed by atoms with Crippen LogP contribution < -0.4 is 0 Å². The van der Waals surface area contributed by atoms with Crippen LogP contribution in [-0.4, -0.2) is 54.9 Å². The summed E-state index contributed by atoms with van der Waals surface area (Å²) in [6, 6.07) is 0.708. The van der Waals surface area contributed by atoms with Gasteiger partial charge in [-0.1, -0.05) is 20.8 Å². The zero-order chi connectivity index (χ0) is 14.0. The van der Waals surface area contributed by atoms with E-state index in [1.54, 1.807) is 0 Å². The second-order valence-corrected chi connectivity index (χ2v) is 7.13. The van der Waals surface area contributed by atoms with E-state index in [4.69, 9.17) is 0 Å². The lowest BCUT2D eigenvalue weighted by Gasteiger charge is -2.29. The minimum absolute atomic E-state index is 0.0751. The minimum Gasteiger partial charge on any atom is -0.304 e.